The third-order valence-electron chi connectivity index (χ3n) is 5.61. The van der Waals surface area contributed by atoms with E-state index in [9.17, 15) is 14.4 Å². The van der Waals surface area contributed by atoms with E-state index in [-0.39, 0.29) is 25.2 Å². The molecule has 1 spiro atoms. The summed E-state index contributed by atoms with van der Waals surface area (Å²) in [5, 5.41) is 0. The van der Waals surface area contributed by atoms with Gasteiger partial charge in [-0.2, -0.15) is 0 Å². The molecule has 2 aromatic carbocycles. The maximum absolute atomic E-state index is 13.3. The fourth-order valence-corrected chi connectivity index (χ4v) is 4.53. The molecule has 1 fully saturated rings. The van der Waals surface area contributed by atoms with Crippen molar-refractivity contribution in [1.82, 2.24) is 0 Å². The Labute approximate surface area is 157 Å². The van der Waals surface area contributed by atoms with E-state index in [2.05, 4.69) is 0 Å². The van der Waals surface area contributed by atoms with Crippen LogP contribution in [-0.4, -0.2) is 24.3 Å². The van der Waals surface area contributed by atoms with E-state index < -0.39 is 29.2 Å². The van der Waals surface area contributed by atoms with Crippen LogP contribution in [0.2, 0.25) is 0 Å². The van der Waals surface area contributed by atoms with E-state index in [0.717, 1.165) is 5.56 Å². The number of para-hydroxylation sites is 1. The highest BCUT2D eigenvalue weighted by Gasteiger charge is 2.64. The zero-order valence-corrected chi connectivity index (χ0v) is 15.0. The van der Waals surface area contributed by atoms with Crippen molar-refractivity contribution in [3.8, 4) is 5.75 Å². The fraction of sp³-hybridized carbons (Fsp3) is 0.318. The van der Waals surface area contributed by atoms with Crippen molar-refractivity contribution in [2.45, 2.75) is 31.1 Å². The molecule has 138 valence electrons. The summed E-state index contributed by atoms with van der Waals surface area (Å²) in [6.45, 7) is 1.90. The highest BCUT2D eigenvalue weighted by atomic mass is 16.5. The number of carbonyl (C=O) groups excluding carboxylic acids is 3. The minimum Gasteiger partial charge on any atom is -0.466 e. The summed E-state index contributed by atoms with van der Waals surface area (Å²) in [7, 11) is 0. The standard InChI is InChI=1S/C22H20O5/c1-2-26-20(24)18-13-15(23)12-17(14-8-4-3-5-9-14)22(18)16-10-6-7-11-19(16)27-21(22)25/h3-11,17-18H,2,12-13H2,1H3/t17-,18-,22+/m0/s1. The van der Waals surface area contributed by atoms with Gasteiger partial charge in [0, 0.05) is 24.3 Å². The van der Waals surface area contributed by atoms with Crippen LogP contribution < -0.4 is 4.74 Å². The molecule has 0 bridgehead atoms. The second kappa shape index (κ2) is 6.65. The van der Waals surface area contributed by atoms with Gasteiger partial charge in [-0.15, -0.1) is 0 Å². The summed E-state index contributed by atoms with van der Waals surface area (Å²) in [6, 6.07) is 16.6. The summed E-state index contributed by atoms with van der Waals surface area (Å²) < 4.78 is 10.9. The van der Waals surface area contributed by atoms with Gasteiger partial charge in [-0.25, -0.2) is 0 Å². The van der Waals surface area contributed by atoms with Crippen LogP contribution in [-0.2, 0) is 24.5 Å². The lowest BCUT2D eigenvalue weighted by molar-refractivity contribution is -0.161. The molecule has 4 rings (SSSR count). The molecule has 5 heteroatoms. The van der Waals surface area contributed by atoms with Gasteiger partial charge in [-0.1, -0.05) is 48.5 Å². The molecule has 0 aromatic heterocycles. The molecule has 0 radical (unpaired) electrons. The fourth-order valence-electron chi connectivity index (χ4n) is 4.53. The maximum Gasteiger partial charge on any atom is 0.323 e. The van der Waals surface area contributed by atoms with Gasteiger partial charge in [0.25, 0.3) is 0 Å². The first-order valence-electron chi connectivity index (χ1n) is 9.14. The van der Waals surface area contributed by atoms with Crippen molar-refractivity contribution in [2.24, 2.45) is 5.92 Å². The van der Waals surface area contributed by atoms with E-state index in [0.29, 0.717) is 11.3 Å². The number of rotatable bonds is 3. The van der Waals surface area contributed by atoms with Crippen LogP contribution in [0.25, 0.3) is 0 Å². The Kier molecular flexibility index (Phi) is 4.30. The number of ether oxygens (including phenoxy) is 2. The normalized spacial score (nSPS) is 26.6. The molecule has 2 aliphatic rings. The van der Waals surface area contributed by atoms with Crippen LogP contribution in [0.3, 0.4) is 0 Å². The average molecular weight is 364 g/mol. The monoisotopic (exact) mass is 364 g/mol. The maximum atomic E-state index is 13.3. The van der Waals surface area contributed by atoms with Crippen molar-refractivity contribution < 1.29 is 23.9 Å². The largest absolute Gasteiger partial charge is 0.466 e. The van der Waals surface area contributed by atoms with Crippen LogP contribution in [0.4, 0.5) is 0 Å². The van der Waals surface area contributed by atoms with E-state index in [1.54, 1.807) is 19.1 Å². The number of ketones is 1. The van der Waals surface area contributed by atoms with Crippen molar-refractivity contribution in [3.05, 3.63) is 65.7 Å². The Morgan fingerprint density at radius 1 is 1.07 bits per heavy atom. The second-order valence-corrected chi connectivity index (χ2v) is 6.97. The lowest BCUT2D eigenvalue weighted by atomic mass is 9.55. The number of benzene rings is 2. The zero-order chi connectivity index (χ0) is 19.0. The number of Topliss-reactive ketones (excluding diaryl/α,β-unsaturated/α-hetero) is 1. The second-order valence-electron chi connectivity index (χ2n) is 6.97. The molecular weight excluding hydrogens is 344 g/mol. The molecule has 0 saturated heterocycles. The van der Waals surface area contributed by atoms with Gasteiger partial charge in [-0.05, 0) is 18.6 Å². The molecule has 1 saturated carbocycles. The molecule has 1 aliphatic carbocycles. The van der Waals surface area contributed by atoms with Gasteiger partial charge < -0.3 is 9.47 Å². The Morgan fingerprint density at radius 2 is 1.78 bits per heavy atom. The summed E-state index contributed by atoms with van der Waals surface area (Å²) in [5.41, 5.74) is 0.251. The number of carbonyl (C=O) groups is 3. The van der Waals surface area contributed by atoms with Gasteiger partial charge in [0.1, 0.15) is 16.9 Å². The highest BCUT2D eigenvalue weighted by Crippen LogP contribution is 2.57. The Morgan fingerprint density at radius 3 is 2.52 bits per heavy atom. The average Bonchev–Trinajstić information content (AvgIpc) is 2.97. The summed E-state index contributed by atoms with van der Waals surface area (Å²) in [5.74, 6) is -1.99. The Bertz CT molecular complexity index is 904. The van der Waals surface area contributed by atoms with E-state index in [4.69, 9.17) is 9.47 Å². The molecule has 5 nitrogen and oxygen atoms in total. The quantitative estimate of drug-likeness (QED) is 0.618. The minimum absolute atomic E-state index is 0.0222. The van der Waals surface area contributed by atoms with Crippen LogP contribution in [0.5, 0.6) is 5.75 Å². The molecule has 0 unspecified atom stereocenters. The zero-order valence-electron chi connectivity index (χ0n) is 15.0. The number of hydrogen-bond acceptors (Lipinski definition) is 5. The summed E-state index contributed by atoms with van der Waals surface area (Å²) >= 11 is 0. The highest BCUT2D eigenvalue weighted by molar-refractivity contribution is 6.01. The summed E-state index contributed by atoms with van der Waals surface area (Å²) in [4.78, 5) is 38.7. The smallest absolute Gasteiger partial charge is 0.323 e. The van der Waals surface area contributed by atoms with Crippen LogP contribution in [0, 0.1) is 5.92 Å². The summed E-state index contributed by atoms with van der Waals surface area (Å²) in [6.07, 6.45) is 0.162. The lowest BCUT2D eigenvalue weighted by Gasteiger charge is -2.43. The van der Waals surface area contributed by atoms with E-state index in [1.165, 1.54) is 0 Å². The van der Waals surface area contributed by atoms with Gasteiger partial charge >= 0.3 is 11.9 Å². The van der Waals surface area contributed by atoms with Crippen molar-refractivity contribution in [2.75, 3.05) is 6.61 Å². The van der Waals surface area contributed by atoms with Crippen molar-refractivity contribution in [1.29, 1.82) is 0 Å². The number of esters is 2. The first kappa shape index (κ1) is 17.5. The topological polar surface area (TPSA) is 69.7 Å². The number of hydrogen-bond donors (Lipinski definition) is 0. The van der Waals surface area contributed by atoms with Crippen molar-refractivity contribution >= 4 is 17.7 Å². The number of fused-ring (bicyclic) bond motifs is 2. The van der Waals surface area contributed by atoms with Gasteiger partial charge in [-0.3, -0.25) is 14.4 Å². The van der Waals surface area contributed by atoms with Gasteiger partial charge in [0.15, 0.2) is 0 Å². The Hall–Kier alpha value is -2.95. The predicted molar refractivity (Wildman–Crippen MR) is 97.3 cm³/mol. The molecule has 1 heterocycles. The molecule has 3 atom stereocenters. The van der Waals surface area contributed by atoms with Gasteiger partial charge in [0.05, 0.1) is 12.5 Å². The third-order valence-corrected chi connectivity index (χ3v) is 5.61. The molecule has 27 heavy (non-hydrogen) atoms. The van der Waals surface area contributed by atoms with Crippen LogP contribution in [0.15, 0.2) is 54.6 Å². The van der Waals surface area contributed by atoms with Crippen LogP contribution >= 0.6 is 0 Å². The molecule has 0 N–H and O–H groups in total. The van der Waals surface area contributed by atoms with E-state index >= 15 is 0 Å². The first-order chi connectivity index (χ1) is 13.1. The lowest BCUT2D eigenvalue weighted by Crippen LogP contribution is -2.54. The van der Waals surface area contributed by atoms with Gasteiger partial charge in [0.2, 0.25) is 0 Å². The Balaban J connectivity index is 1.97. The SMILES string of the molecule is CCOC(=O)[C@@H]1CC(=O)C[C@@H](c2ccccc2)[C@@]12C(=O)Oc1ccccc12. The predicted octanol–water partition coefficient (Wildman–Crippen LogP) is 3.17. The third kappa shape index (κ3) is 2.57. The van der Waals surface area contributed by atoms with Crippen molar-refractivity contribution in [3.63, 3.8) is 0 Å². The molecule has 1 aliphatic heterocycles. The molecular formula is C22H20O5. The molecule has 2 aromatic rings. The minimum atomic E-state index is -1.25. The molecule has 0 amide bonds. The van der Waals surface area contributed by atoms with Crippen LogP contribution in [0.1, 0.15) is 36.8 Å². The van der Waals surface area contributed by atoms with E-state index in [1.807, 2.05) is 42.5 Å². The first-order valence-corrected chi connectivity index (χ1v) is 9.14.